The van der Waals surface area contributed by atoms with Crippen LogP contribution in [0.1, 0.15) is 19.4 Å². The van der Waals surface area contributed by atoms with Gasteiger partial charge in [-0.1, -0.05) is 11.6 Å². The zero-order valence-electron chi connectivity index (χ0n) is 13.4. The van der Waals surface area contributed by atoms with Gasteiger partial charge in [0.15, 0.2) is 18.1 Å². The second-order valence-electron chi connectivity index (χ2n) is 5.01. The molecule has 8 heteroatoms. The number of hydrogen-bond acceptors (Lipinski definition) is 5. The molecule has 0 atom stereocenters. The van der Waals surface area contributed by atoms with Gasteiger partial charge in [-0.05, 0) is 37.6 Å². The SMILES string of the molecule is COc1cc(/C=C(/C#N)C(=O)NC(C)C)cc(Cl)c1OCC(=O)O. The van der Waals surface area contributed by atoms with Crippen LogP contribution in [0, 0.1) is 11.3 Å². The van der Waals surface area contributed by atoms with E-state index in [-0.39, 0.29) is 28.1 Å². The maximum Gasteiger partial charge on any atom is 0.341 e. The summed E-state index contributed by atoms with van der Waals surface area (Å²) in [7, 11) is 1.36. The highest BCUT2D eigenvalue weighted by atomic mass is 35.5. The van der Waals surface area contributed by atoms with E-state index in [1.54, 1.807) is 13.8 Å². The Labute approximate surface area is 144 Å². The summed E-state index contributed by atoms with van der Waals surface area (Å²) in [5, 5.41) is 20.5. The van der Waals surface area contributed by atoms with Crippen molar-refractivity contribution in [2.24, 2.45) is 0 Å². The van der Waals surface area contributed by atoms with Gasteiger partial charge in [0, 0.05) is 6.04 Å². The van der Waals surface area contributed by atoms with E-state index in [4.69, 9.17) is 31.4 Å². The van der Waals surface area contributed by atoms with Gasteiger partial charge in [-0.3, -0.25) is 4.79 Å². The first-order chi connectivity index (χ1) is 11.3. The molecular formula is C16H17ClN2O5. The number of nitrogens with zero attached hydrogens (tertiary/aromatic N) is 1. The molecule has 128 valence electrons. The number of carbonyl (C=O) groups excluding carboxylic acids is 1. The van der Waals surface area contributed by atoms with Crippen molar-refractivity contribution < 1.29 is 24.2 Å². The lowest BCUT2D eigenvalue weighted by Crippen LogP contribution is -2.30. The van der Waals surface area contributed by atoms with Gasteiger partial charge in [-0.15, -0.1) is 0 Å². The van der Waals surface area contributed by atoms with Gasteiger partial charge in [0.1, 0.15) is 11.6 Å². The number of rotatable bonds is 7. The summed E-state index contributed by atoms with van der Waals surface area (Å²) in [5.74, 6) is -1.40. The molecule has 7 nitrogen and oxygen atoms in total. The summed E-state index contributed by atoms with van der Waals surface area (Å²) in [6.45, 7) is 2.98. The van der Waals surface area contributed by atoms with Gasteiger partial charge >= 0.3 is 5.97 Å². The molecule has 0 heterocycles. The first-order valence-corrected chi connectivity index (χ1v) is 7.31. The normalized spacial score (nSPS) is 10.9. The average molecular weight is 353 g/mol. The zero-order valence-corrected chi connectivity index (χ0v) is 14.2. The number of nitriles is 1. The van der Waals surface area contributed by atoms with Crippen LogP contribution in [0.25, 0.3) is 6.08 Å². The van der Waals surface area contributed by atoms with Crippen LogP contribution < -0.4 is 14.8 Å². The van der Waals surface area contributed by atoms with Crippen LogP contribution in [0.2, 0.25) is 5.02 Å². The number of ether oxygens (including phenoxy) is 2. The van der Waals surface area contributed by atoms with E-state index < -0.39 is 18.5 Å². The quantitative estimate of drug-likeness (QED) is 0.575. The molecule has 0 unspecified atom stereocenters. The van der Waals surface area contributed by atoms with Crippen LogP contribution in [0.15, 0.2) is 17.7 Å². The number of methoxy groups -OCH3 is 1. The van der Waals surface area contributed by atoms with Crippen LogP contribution in [0.4, 0.5) is 0 Å². The van der Waals surface area contributed by atoms with E-state index in [1.165, 1.54) is 25.3 Å². The third-order valence-corrected chi connectivity index (χ3v) is 2.97. The molecule has 0 aliphatic heterocycles. The van der Waals surface area contributed by atoms with Crippen molar-refractivity contribution in [1.29, 1.82) is 5.26 Å². The van der Waals surface area contributed by atoms with Gasteiger partial charge in [-0.2, -0.15) is 5.26 Å². The number of nitrogens with one attached hydrogen (secondary N) is 1. The second-order valence-corrected chi connectivity index (χ2v) is 5.42. The van der Waals surface area contributed by atoms with Gasteiger partial charge in [0.2, 0.25) is 0 Å². The fourth-order valence-corrected chi connectivity index (χ4v) is 2.03. The Morgan fingerprint density at radius 3 is 2.62 bits per heavy atom. The van der Waals surface area contributed by atoms with Gasteiger partial charge in [0.25, 0.3) is 5.91 Å². The van der Waals surface area contributed by atoms with Crippen molar-refractivity contribution in [2.75, 3.05) is 13.7 Å². The Kier molecular flexibility index (Phi) is 7.08. The van der Waals surface area contributed by atoms with Crippen molar-refractivity contribution >= 4 is 29.6 Å². The van der Waals surface area contributed by atoms with Crippen LogP contribution >= 0.6 is 11.6 Å². The lowest BCUT2D eigenvalue weighted by molar-refractivity contribution is -0.139. The zero-order chi connectivity index (χ0) is 18.3. The van der Waals surface area contributed by atoms with E-state index >= 15 is 0 Å². The fraction of sp³-hybridized carbons (Fsp3) is 0.312. The van der Waals surface area contributed by atoms with E-state index in [1.807, 2.05) is 6.07 Å². The number of halogens is 1. The molecule has 0 aliphatic rings. The summed E-state index contributed by atoms with van der Waals surface area (Å²) in [6.07, 6.45) is 1.35. The van der Waals surface area contributed by atoms with Gasteiger partial charge < -0.3 is 19.9 Å². The first-order valence-electron chi connectivity index (χ1n) is 6.93. The molecule has 1 rings (SSSR count). The number of carboxylic acids is 1. The minimum absolute atomic E-state index is 0.0730. The molecule has 0 radical (unpaired) electrons. The Morgan fingerprint density at radius 2 is 2.12 bits per heavy atom. The number of benzene rings is 1. The Balaban J connectivity index is 3.19. The van der Waals surface area contributed by atoms with E-state index in [2.05, 4.69) is 5.32 Å². The van der Waals surface area contributed by atoms with Crippen molar-refractivity contribution in [3.63, 3.8) is 0 Å². The Morgan fingerprint density at radius 1 is 1.46 bits per heavy atom. The summed E-state index contributed by atoms with van der Waals surface area (Å²) in [5.41, 5.74) is 0.344. The van der Waals surface area contributed by atoms with E-state index in [0.29, 0.717) is 5.56 Å². The average Bonchev–Trinajstić information content (AvgIpc) is 2.49. The molecule has 1 aromatic rings. The monoisotopic (exact) mass is 352 g/mol. The molecule has 2 N–H and O–H groups in total. The standard InChI is InChI=1S/C16H17ClN2O5/c1-9(2)19-16(22)11(7-18)4-10-5-12(17)15(13(6-10)23-3)24-8-14(20)21/h4-6,9H,8H2,1-3H3,(H,19,22)(H,20,21)/b11-4-. The van der Waals surface area contributed by atoms with Crippen LogP contribution in [-0.4, -0.2) is 36.7 Å². The molecule has 24 heavy (non-hydrogen) atoms. The third-order valence-electron chi connectivity index (χ3n) is 2.69. The summed E-state index contributed by atoms with van der Waals surface area (Å²) >= 11 is 6.08. The first kappa shape index (κ1) is 19.3. The second kappa shape index (κ2) is 8.79. The minimum Gasteiger partial charge on any atom is -0.493 e. The van der Waals surface area contributed by atoms with E-state index in [0.717, 1.165) is 0 Å². The molecular weight excluding hydrogens is 336 g/mol. The highest BCUT2D eigenvalue weighted by Crippen LogP contribution is 2.37. The van der Waals surface area contributed by atoms with Gasteiger partial charge in [-0.25, -0.2) is 4.79 Å². The highest BCUT2D eigenvalue weighted by molar-refractivity contribution is 6.32. The molecule has 0 saturated heterocycles. The number of carbonyl (C=O) groups is 2. The predicted octanol–water partition coefficient (Wildman–Crippen LogP) is 2.24. The molecule has 0 bridgehead atoms. The van der Waals surface area contributed by atoms with Crippen LogP contribution in [0.5, 0.6) is 11.5 Å². The van der Waals surface area contributed by atoms with Gasteiger partial charge in [0.05, 0.1) is 12.1 Å². The molecule has 0 fully saturated rings. The molecule has 1 aromatic carbocycles. The Bertz CT molecular complexity index is 707. The number of aliphatic carboxylic acids is 1. The smallest absolute Gasteiger partial charge is 0.341 e. The maximum atomic E-state index is 11.9. The number of hydrogen-bond donors (Lipinski definition) is 2. The maximum absolute atomic E-state index is 11.9. The topological polar surface area (TPSA) is 109 Å². The van der Waals surface area contributed by atoms with Crippen molar-refractivity contribution in [3.05, 3.63) is 28.3 Å². The van der Waals surface area contributed by atoms with Crippen molar-refractivity contribution in [2.45, 2.75) is 19.9 Å². The molecule has 1 amide bonds. The minimum atomic E-state index is -1.16. The van der Waals surface area contributed by atoms with Crippen molar-refractivity contribution in [1.82, 2.24) is 5.32 Å². The van der Waals surface area contributed by atoms with Crippen LogP contribution in [-0.2, 0) is 9.59 Å². The molecule has 0 spiro atoms. The summed E-state index contributed by atoms with van der Waals surface area (Å²) in [4.78, 5) is 22.5. The molecule has 0 aromatic heterocycles. The molecule has 0 aliphatic carbocycles. The third kappa shape index (κ3) is 5.48. The Hall–Kier alpha value is -2.72. The highest BCUT2D eigenvalue weighted by Gasteiger charge is 2.15. The predicted molar refractivity (Wildman–Crippen MR) is 88.0 cm³/mol. The molecule has 0 saturated carbocycles. The van der Waals surface area contributed by atoms with Crippen molar-refractivity contribution in [3.8, 4) is 17.6 Å². The van der Waals surface area contributed by atoms with E-state index in [9.17, 15) is 9.59 Å². The number of carboxylic acid groups (broad SMARTS) is 1. The largest absolute Gasteiger partial charge is 0.493 e. The fourth-order valence-electron chi connectivity index (χ4n) is 1.75. The lowest BCUT2D eigenvalue weighted by Gasteiger charge is -2.12. The number of amides is 1. The van der Waals surface area contributed by atoms with Crippen LogP contribution in [0.3, 0.4) is 0 Å². The summed E-state index contributed by atoms with van der Waals surface area (Å²) in [6, 6.07) is 4.65. The lowest BCUT2D eigenvalue weighted by atomic mass is 10.1. The summed E-state index contributed by atoms with van der Waals surface area (Å²) < 4.78 is 10.2.